The van der Waals surface area contributed by atoms with Crippen molar-refractivity contribution in [2.75, 3.05) is 31.1 Å². The van der Waals surface area contributed by atoms with Gasteiger partial charge in [-0.15, -0.1) is 0 Å². The first-order valence-corrected chi connectivity index (χ1v) is 8.75. The zero-order chi connectivity index (χ0) is 16.5. The van der Waals surface area contributed by atoms with E-state index in [1.165, 1.54) is 29.7 Å². The minimum absolute atomic E-state index is 0.190. The van der Waals surface area contributed by atoms with Crippen molar-refractivity contribution in [2.45, 2.75) is 25.8 Å². The lowest BCUT2D eigenvalue weighted by molar-refractivity contribution is 0.246. The number of hydrogen-bond donors (Lipinski definition) is 1. The van der Waals surface area contributed by atoms with Gasteiger partial charge in [0.15, 0.2) is 0 Å². The predicted octanol–water partition coefficient (Wildman–Crippen LogP) is 3.34. The molecule has 0 atom stereocenters. The largest absolute Gasteiger partial charge is 0.508 e. The molecule has 0 aromatic heterocycles. The van der Waals surface area contributed by atoms with Gasteiger partial charge in [-0.25, -0.2) is 4.39 Å². The second-order valence-electron chi connectivity index (χ2n) is 6.84. The van der Waals surface area contributed by atoms with Crippen LogP contribution in [0.2, 0.25) is 0 Å². The third kappa shape index (κ3) is 3.11. The molecule has 2 aromatic carbocycles. The Labute approximate surface area is 142 Å². The Kier molecular flexibility index (Phi) is 4.15. The van der Waals surface area contributed by atoms with E-state index < -0.39 is 0 Å². The lowest BCUT2D eigenvalue weighted by Crippen LogP contribution is -2.46. The number of phenolic OH excluding ortho intramolecular Hbond substituents is 1. The number of benzene rings is 2. The lowest BCUT2D eigenvalue weighted by Gasteiger charge is -2.36. The van der Waals surface area contributed by atoms with Gasteiger partial charge < -0.3 is 10.0 Å². The van der Waals surface area contributed by atoms with Crippen LogP contribution in [0.25, 0.3) is 0 Å². The van der Waals surface area contributed by atoms with E-state index >= 15 is 0 Å². The van der Waals surface area contributed by atoms with Gasteiger partial charge in [-0.3, -0.25) is 4.90 Å². The normalized spacial score (nSPS) is 18.0. The van der Waals surface area contributed by atoms with Gasteiger partial charge in [-0.2, -0.15) is 0 Å². The maximum atomic E-state index is 13.0. The van der Waals surface area contributed by atoms with Crippen molar-refractivity contribution >= 4 is 5.69 Å². The Bertz CT molecular complexity index is 721. The zero-order valence-corrected chi connectivity index (χ0v) is 13.8. The van der Waals surface area contributed by atoms with Crippen molar-refractivity contribution in [1.29, 1.82) is 0 Å². The molecule has 0 radical (unpaired) electrons. The van der Waals surface area contributed by atoms with Crippen LogP contribution in [-0.2, 0) is 19.4 Å². The molecule has 3 nitrogen and oxygen atoms in total. The van der Waals surface area contributed by atoms with Gasteiger partial charge in [-0.1, -0.05) is 6.07 Å². The van der Waals surface area contributed by atoms with Crippen molar-refractivity contribution in [3.63, 3.8) is 0 Å². The molecule has 2 aromatic rings. The maximum absolute atomic E-state index is 13.0. The smallest absolute Gasteiger partial charge is 0.123 e. The first-order chi connectivity index (χ1) is 11.7. The molecule has 2 aliphatic rings. The van der Waals surface area contributed by atoms with Crippen LogP contribution in [0.5, 0.6) is 5.75 Å². The molecular weight excluding hydrogens is 303 g/mol. The minimum Gasteiger partial charge on any atom is -0.508 e. The molecule has 1 aliphatic heterocycles. The topological polar surface area (TPSA) is 26.7 Å². The highest BCUT2D eigenvalue weighted by Gasteiger charge is 2.20. The molecule has 0 saturated carbocycles. The summed E-state index contributed by atoms with van der Waals surface area (Å²) in [4.78, 5) is 4.68. The third-order valence-corrected chi connectivity index (χ3v) is 5.25. The number of phenols is 1. The van der Waals surface area contributed by atoms with Gasteiger partial charge in [0.05, 0.1) is 0 Å². The van der Waals surface area contributed by atoms with E-state index in [9.17, 15) is 9.50 Å². The molecular formula is C20H23FN2O. The Morgan fingerprint density at radius 3 is 2.29 bits per heavy atom. The van der Waals surface area contributed by atoms with E-state index in [1.807, 2.05) is 18.2 Å². The van der Waals surface area contributed by atoms with Crippen molar-refractivity contribution in [1.82, 2.24) is 4.90 Å². The van der Waals surface area contributed by atoms with E-state index in [0.29, 0.717) is 5.75 Å². The molecule has 0 spiro atoms. The average Bonchev–Trinajstić information content (AvgIpc) is 3.04. The number of piperazine rings is 1. The molecule has 0 amide bonds. The van der Waals surface area contributed by atoms with Crippen LogP contribution in [-0.4, -0.2) is 36.2 Å². The summed E-state index contributed by atoms with van der Waals surface area (Å²) in [5.74, 6) is 0.251. The molecule has 1 heterocycles. The zero-order valence-electron chi connectivity index (χ0n) is 13.8. The lowest BCUT2D eigenvalue weighted by atomic mass is 10.0. The van der Waals surface area contributed by atoms with Crippen LogP contribution in [0, 0.1) is 5.82 Å². The number of fused-ring (bicyclic) bond motifs is 1. The summed E-state index contributed by atoms with van der Waals surface area (Å²) < 4.78 is 13.0. The molecule has 0 bridgehead atoms. The SMILES string of the molecule is Oc1cc2c(cc1CN1CCN(c3ccc(F)cc3)CC1)CCC2. The summed E-state index contributed by atoms with van der Waals surface area (Å²) in [6, 6.07) is 10.9. The number of nitrogens with zero attached hydrogens (tertiary/aromatic N) is 2. The van der Waals surface area contributed by atoms with E-state index in [0.717, 1.165) is 56.8 Å². The number of rotatable bonds is 3. The van der Waals surface area contributed by atoms with Gasteiger partial charge in [0.25, 0.3) is 0 Å². The highest BCUT2D eigenvalue weighted by atomic mass is 19.1. The fraction of sp³-hybridized carbons (Fsp3) is 0.400. The van der Waals surface area contributed by atoms with E-state index in [4.69, 9.17) is 0 Å². The third-order valence-electron chi connectivity index (χ3n) is 5.25. The molecule has 1 fully saturated rings. The summed E-state index contributed by atoms with van der Waals surface area (Å²) in [5, 5.41) is 10.3. The molecule has 4 rings (SSSR count). The first kappa shape index (κ1) is 15.5. The van der Waals surface area contributed by atoms with Gasteiger partial charge in [0, 0.05) is 44.0 Å². The van der Waals surface area contributed by atoms with Crippen LogP contribution in [0.4, 0.5) is 10.1 Å². The number of anilines is 1. The monoisotopic (exact) mass is 326 g/mol. The Morgan fingerprint density at radius 2 is 1.58 bits per heavy atom. The average molecular weight is 326 g/mol. The molecule has 1 N–H and O–H groups in total. The minimum atomic E-state index is -0.190. The van der Waals surface area contributed by atoms with Crippen molar-refractivity contribution < 1.29 is 9.50 Å². The number of aromatic hydroxyl groups is 1. The summed E-state index contributed by atoms with van der Waals surface area (Å²) >= 11 is 0. The standard InChI is InChI=1S/C20H23FN2O/c21-18-4-6-19(7-5-18)23-10-8-22(9-11-23)14-17-12-15-2-1-3-16(15)13-20(17)24/h4-7,12-13,24H,1-3,8-11,14H2. The Balaban J connectivity index is 1.39. The van der Waals surface area contributed by atoms with Crippen molar-refractivity contribution in [2.24, 2.45) is 0 Å². The van der Waals surface area contributed by atoms with Crippen LogP contribution in [0.15, 0.2) is 36.4 Å². The quantitative estimate of drug-likeness (QED) is 0.937. The number of aryl methyl sites for hydroxylation is 2. The summed E-state index contributed by atoms with van der Waals surface area (Å²) in [6.07, 6.45) is 3.44. The van der Waals surface area contributed by atoms with Gasteiger partial charge >= 0.3 is 0 Å². The van der Waals surface area contributed by atoms with Crippen molar-refractivity contribution in [3.05, 3.63) is 58.9 Å². The fourth-order valence-corrected chi connectivity index (χ4v) is 3.85. The Hall–Kier alpha value is -2.07. The van der Waals surface area contributed by atoms with Crippen LogP contribution >= 0.6 is 0 Å². The van der Waals surface area contributed by atoms with Crippen LogP contribution in [0.3, 0.4) is 0 Å². The van der Waals surface area contributed by atoms with Gasteiger partial charge in [0.2, 0.25) is 0 Å². The molecule has 0 unspecified atom stereocenters. The second-order valence-corrected chi connectivity index (χ2v) is 6.84. The molecule has 24 heavy (non-hydrogen) atoms. The van der Waals surface area contributed by atoms with Gasteiger partial charge in [0.1, 0.15) is 11.6 Å². The molecule has 4 heteroatoms. The van der Waals surface area contributed by atoms with Gasteiger partial charge in [-0.05, 0) is 60.7 Å². The van der Waals surface area contributed by atoms with E-state index in [2.05, 4.69) is 15.9 Å². The first-order valence-electron chi connectivity index (χ1n) is 8.75. The fourth-order valence-electron chi connectivity index (χ4n) is 3.85. The van der Waals surface area contributed by atoms with Crippen LogP contribution < -0.4 is 4.90 Å². The summed E-state index contributed by atoms with van der Waals surface area (Å²) in [6.45, 7) is 4.56. The second kappa shape index (κ2) is 6.44. The number of halogens is 1. The Morgan fingerprint density at radius 1 is 0.917 bits per heavy atom. The van der Waals surface area contributed by atoms with E-state index in [-0.39, 0.29) is 5.82 Å². The highest BCUT2D eigenvalue weighted by Crippen LogP contribution is 2.30. The molecule has 126 valence electrons. The summed E-state index contributed by atoms with van der Waals surface area (Å²) in [5.41, 5.74) is 4.85. The molecule has 1 saturated heterocycles. The summed E-state index contributed by atoms with van der Waals surface area (Å²) in [7, 11) is 0. The molecule has 1 aliphatic carbocycles. The number of hydrogen-bond acceptors (Lipinski definition) is 3. The highest BCUT2D eigenvalue weighted by molar-refractivity contribution is 5.47. The van der Waals surface area contributed by atoms with Crippen LogP contribution in [0.1, 0.15) is 23.1 Å². The maximum Gasteiger partial charge on any atom is 0.123 e. The van der Waals surface area contributed by atoms with E-state index in [1.54, 1.807) is 0 Å². The van der Waals surface area contributed by atoms with Crippen molar-refractivity contribution in [3.8, 4) is 5.75 Å². The predicted molar refractivity (Wildman–Crippen MR) is 94.0 cm³/mol.